The Hall–Kier alpha value is -3.15. The maximum atomic E-state index is 13.2. The fourth-order valence-corrected chi connectivity index (χ4v) is 5.61. The molecule has 2 fully saturated rings. The minimum absolute atomic E-state index is 0.0329. The lowest BCUT2D eigenvalue weighted by Crippen LogP contribution is -2.51. The number of amides is 1. The molecule has 0 radical (unpaired) electrons. The fourth-order valence-electron chi connectivity index (χ4n) is 5.61. The summed E-state index contributed by atoms with van der Waals surface area (Å²) in [6.07, 6.45) is 5.47. The third-order valence-corrected chi connectivity index (χ3v) is 7.89. The molecule has 1 aliphatic heterocycles. The number of aryl methyl sites for hydroxylation is 1. The van der Waals surface area contributed by atoms with Gasteiger partial charge in [-0.1, -0.05) is 24.3 Å². The van der Waals surface area contributed by atoms with Crippen molar-refractivity contribution in [2.45, 2.75) is 46.1 Å². The second-order valence-electron chi connectivity index (χ2n) is 9.97. The van der Waals surface area contributed by atoms with E-state index in [2.05, 4.69) is 46.8 Å². The van der Waals surface area contributed by atoms with Crippen molar-refractivity contribution in [3.05, 3.63) is 70.3 Å². The van der Waals surface area contributed by atoms with Crippen molar-refractivity contribution >= 4 is 22.5 Å². The quantitative estimate of drug-likeness (QED) is 0.589. The SMILES string of the molecule is Cc1cccc(N2CCN(C(=O)C3CCC(Cn4cnc5ccccc5c4=O)CC3)CC2)c1C. The number of benzene rings is 2. The number of rotatable bonds is 4. The number of fused-ring (bicyclic) bond motifs is 1. The topological polar surface area (TPSA) is 58.4 Å². The van der Waals surface area contributed by atoms with E-state index >= 15 is 0 Å². The molecule has 0 spiro atoms. The van der Waals surface area contributed by atoms with E-state index < -0.39 is 0 Å². The molecular weight excluding hydrogens is 424 g/mol. The zero-order valence-electron chi connectivity index (χ0n) is 20.2. The van der Waals surface area contributed by atoms with Crippen molar-refractivity contribution in [1.29, 1.82) is 0 Å². The Bertz CT molecular complexity index is 1230. The maximum Gasteiger partial charge on any atom is 0.261 e. The molecule has 178 valence electrons. The monoisotopic (exact) mass is 458 g/mol. The van der Waals surface area contributed by atoms with E-state index in [4.69, 9.17) is 0 Å². The van der Waals surface area contributed by atoms with E-state index in [1.165, 1.54) is 16.8 Å². The number of piperazine rings is 1. The van der Waals surface area contributed by atoms with E-state index in [0.717, 1.165) is 57.4 Å². The Balaban J connectivity index is 1.14. The van der Waals surface area contributed by atoms with Gasteiger partial charge in [0.05, 0.1) is 17.2 Å². The Morgan fingerprint density at radius 1 is 0.941 bits per heavy atom. The first kappa shape index (κ1) is 22.6. The summed E-state index contributed by atoms with van der Waals surface area (Å²) in [4.78, 5) is 35.0. The van der Waals surface area contributed by atoms with Gasteiger partial charge in [0.15, 0.2) is 0 Å². The standard InChI is InChI=1S/C28H34N4O2/c1-20-6-5-9-26(21(20)2)30-14-16-31(17-15-30)27(33)23-12-10-22(11-13-23)18-32-19-29-25-8-4-3-7-24(25)28(32)34/h3-9,19,22-23H,10-18H2,1-2H3. The zero-order chi connectivity index (χ0) is 23.7. The van der Waals surface area contributed by atoms with Crippen molar-refractivity contribution in [2.24, 2.45) is 11.8 Å². The lowest BCUT2D eigenvalue weighted by molar-refractivity contribution is -0.137. The van der Waals surface area contributed by atoms with Gasteiger partial charge in [-0.25, -0.2) is 4.98 Å². The van der Waals surface area contributed by atoms with Crippen LogP contribution in [-0.2, 0) is 11.3 Å². The van der Waals surface area contributed by atoms with Crippen molar-refractivity contribution in [1.82, 2.24) is 14.5 Å². The van der Waals surface area contributed by atoms with Gasteiger partial charge in [-0.15, -0.1) is 0 Å². The second-order valence-corrected chi connectivity index (χ2v) is 9.97. The second kappa shape index (κ2) is 9.61. The predicted molar refractivity (Wildman–Crippen MR) is 136 cm³/mol. The molecule has 6 heteroatoms. The van der Waals surface area contributed by atoms with Gasteiger partial charge < -0.3 is 9.80 Å². The van der Waals surface area contributed by atoms with Crippen LogP contribution in [0.4, 0.5) is 5.69 Å². The van der Waals surface area contributed by atoms with Gasteiger partial charge in [0, 0.05) is 44.3 Å². The minimum atomic E-state index is 0.0329. The summed E-state index contributed by atoms with van der Waals surface area (Å²) in [5, 5.41) is 0.675. The minimum Gasteiger partial charge on any atom is -0.368 e. The summed E-state index contributed by atoms with van der Waals surface area (Å²) >= 11 is 0. The molecule has 0 unspecified atom stereocenters. The largest absolute Gasteiger partial charge is 0.368 e. The molecule has 1 saturated heterocycles. The highest BCUT2D eigenvalue weighted by Crippen LogP contribution is 2.32. The highest BCUT2D eigenvalue weighted by atomic mass is 16.2. The van der Waals surface area contributed by atoms with Gasteiger partial charge in [0.25, 0.3) is 5.56 Å². The summed E-state index contributed by atoms with van der Waals surface area (Å²) in [7, 11) is 0. The molecule has 0 bridgehead atoms. The zero-order valence-corrected chi connectivity index (χ0v) is 20.2. The Morgan fingerprint density at radius 3 is 2.44 bits per heavy atom. The lowest BCUT2D eigenvalue weighted by Gasteiger charge is -2.39. The first-order chi connectivity index (χ1) is 16.5. The Morgan fingerprint density at radius 2 is 1.68 bits per heavy atom. The van der Waals surface area contributed by atoms with E-state index in [1.54, 1.807) is 10.9 Å². The molecule has 6 nitrogen and oxygen atoms in total. The van der Waals surface area contributed by atoms with Gasteiger partial charge in [-0.05, 0) is 74.8 Å². The van der Waals surface area contributed by atoms with Crippen LogP contribution < -0.4 is 10.5 Å². The Labute approximate surface area is 201 Å². The van der Waals surface area contributed by atoms with Gasteiger partial charge >= 0.3 is 0 Å². The highest BCUT2D eigenvalue weighted by Gasteiger charge is 2.31. The molecule has 2 aliphatic rings. The molecule has 2 aromatic carbocycles. The number of carbonyl (C=O) groups excluding carboxylic acids is 1. The summed E-state index contributed by atoms with van der Waals surface area (Å²) in [6, 6.07) is 14.0. The van der Waals surface area contributed by atoms with Crippen LogP contribution in [0.2, 0.25) is 0 Å². The maximum absolute atomic E-state index is 13.2. The predicted octanol–water partition coefficient (Wildman–Crippen LogP) is 4.17. The van der Waals surface area contributed by atoms with Crippen LogP contribution in [0.5, 0.6) is 0 Å². The number of aromatic nitrogens is 2. The van der Waals surface area contributed by atoms with Crippen molar-refractivity contribution in [3.63, 3.8) is 0 Å². The molecule has 5 rings (SSSR count). The van der Waals surface area contributed by atoms with Crippen molar-refractivity contribution in [3.8, 4) is 0 Å². The smallest absolute Gasteiger partial charge is 0.261 e. The summed E-state index contributed by atoms with van der Waals surface area (Å²) < 4.78 is 1.75. The molecular formula is C28H34N4O2. The number of hydrogen-bond acceptors (Lipinski definition) is 4. The van der Waals surface area contributed by atoms with Crippen LogP contribution in [0, 0.1) is 25.7 Å². The number of carbonyl (C=O) groups is 1. The molecule has 3 aromatic rings. The number of anilines is 1. The van der Waals surface area contributed by atoms with Crippen LogP contribution in [0.15, 0.2) is 53.6 Å². The first-order valence-corrected chi connectivity index (χ1v) is 12.6. The van der Waals surface area contributed by atoms with Crippen LogP contribution in [0.1, 0.15) is 36.8 Å². The molecule has 1 aromatic heterocycles. The fraction of sp³-hybridized carbons (Fsp3) is 0.464. The average molecular weight is 459 g/mol. The van der Waals surface area contributed by atoms with Crippen LogP contribution in [0.3, 0.4) is 0 Å². The van der Waals surface area contributed by atoms with Crippen LogP contribution in [0.25, 0.3) is 10.9 Å². The molecule has 1 amide bonds. The van der Waals surface area contributed by atoms with Crippen LogP contribution in [-0.4, -0.2) is 46.5 Å². The van der Waals surface area contributed by atoms with Gasteiger partial charge in [0.2, 0.25) is 5.91 Å². The van der Waals surface area contributed by atoms with E-state index in [-0.39, 0.29) is 11.5 Å². The number of hydrogen-bond donors (Lipinski definition) is 0. The average Bonchev–Trinajstić information content (AvgIpc) is 2.88. The van der Waals surface area contributed by atoms with E-state index in [0.29, 0.717) is 23.8 Å². The third-order valence-electron chi connectivity index (χ3n) is 7.89. The normalized spacial score (nSPS) is 21.1. The molecule has 0 atom stereocenters. The van der Waals surface area contributed by atoms with Gasteiger partial charge in [0.1, 0.15) is 0 Å². The number of nitrogens with zero attached hydrogens (tertiary/aromatic N) is 4. The third kappa shape index (κ3) is 4.46. The molecule has 34 heavy (non-hydrogen) atoms. The first-order valence-electron chi connectivity index (χ1n) is 12.6. The van der Waals surface area contributed by atoms with E-state index in [1.807, 2.05) is 24.3 Å². The molecule has 1 saturated carbocycles. The Kier molecular flexibility index (Phi) is 6.40. The summed E-state index contributed by atoms with van der Waals surface area (Å²) in [6.45, 7) is 8.40. The van der Waals surface area contributed by atoms with E-state index in [9.17, 15) is 9.59 Å². The molecule has 1 aliphatic carbocycles. The lowest BCUT2D eigenvalue weighted by atomic mass is 9.81. The summed E-state index contributed by atoms with van der Waals surface area (Å²) in [5.41, 5.74) is 4.73. The highest BCUT2D eigenvalue weighted by molar-refractivity contribution is 5.79. The number of para-hydroxylation sites is 1. The van der Waals surface area contributed by atoms with Gasteiger partial charge in [-0.2, -0.15) is 0 Å². The van der Waals surface area contributed by atoms with Crippen LogP contribution >= 0.6 is 0 Å². The van der Waals surface area contributed by atoms with Crippen molar-refractivity contribution < 1.29 is 4.79 Å². The molecule has 2 heterocycles. The summed E-state index contributed by atoms with van der Waals surface area (Å²) in [5.74, 6) is 0.865. The van der Waals surface area contributed by atoms with Crippen molar-refractivity contribution in [2.75, 3.05) is 31.1 Å². The molecule has 0 N–H and O–H groups in total. The van der Waals surface area contributed by atoms with Gasteiger partial charge in [-0.3, -0.25) is 14.2 Å².